The molecule has 0 spiro atoms. The zero-order chi connectivity index (χ0) is 16.8. The molecule has 2 aromatic rings. The number of benzene rings is 2. The van der Waals surface area contributed by atoms with Crippen LogP contribution in [0.4, 0.5) is 10.1 Å². The van der Waals surface area contributed by atoms with Crippen LogP contribution in [0.1, 0.15) is 36.5 Å². The second-order valence-electron chi connectivity index (χ2n) is 5.95. The van der Waals surface area contributed by atoms with Crippen molar-refractivity contribution in [1.29, 1.82) is 0 Å². The maximum atomic E-state index is 12.8. The van der Waals surface area contributed by atoms with E-state index < -0.39 is 0 Å². The number of carbonyl (C=O) groups is 1. The predicted octanol–water partition coefficient (Wildman–Crippen LogP) is 3.99. The van der Waals surface area contributed by atoms with Crippen molar-refractivity contribution in [3.63, 3.8) is 0 Å². The molecule has 0 radical (unpaired) electrons. The summed E-state index contributed by atoms with van der Waals surface area (Å²) in [5, 5.41) is 6.07. The molecule has 2 N–H and O–H groups in total. The van der Waals surface area contributed by atoms with E-state index in [1.54, 1.807) is 12.1 Å². The highest BCUT2D eigenvalue weighted by atomic mass is 19.1. The van der Waals surface area contributed by atoms with E-state index in [4.69, 9.17) is 0 Å². The number of rotatable bonds is 6. The number of carbonyl (C=O) groups excluding carboxylic acids is 1. The molecule has 2 aromatic carbocycles. The summed E-state index contributed by atoms with van der Waals surface area (Å²) in [6.45, 7) is 6.91. The minimum Gasteiger partial charge on any atom is -0.376 e. The number of hydrogen-bond donors (Lipinski definition) is 2. The zero-order valence-corrected chi connectivity index (χ0v) is 13.8. The zero-order valence-electron chi connectivity index (χ0n) is 13.8. The van der Waals surface area contributed by atoms with Crippen molar-refractivity contribution < 1.29 is 9.18 Å². The van der Waals surface area contributed by atoms with Gasteiger partial charge in [0.05, 0.1) is 6.54 Å². The molecule has 0 aliphatic carbocycles. The highest BCUT2D eigenvalue weighted by Gasteiger charge is 2.10. The summed E-state index contributed by atoms with van der Waals surface area (Å²) >= 11 is 0. The van der Waals surface area contributed by atoms with Gasteiger partial charge in [-0.1, -0.05) is 44.2 Å². The summed E-state index contributed by atoms with van der Waals surface area (Å²) < 4.78 is 12.8. The molecule has 0 bridgehead atoms. The van der Waals surface area contributed by atoms with Gasteiger partial charge in [0.25, 0.3) is 0 Å². The third-order valence-electron chi connectivity index (χ3n) is 3.76. The van der Waals surface area contributed by atoms with Gasteiger partial charge in [0.1, 0.15) is 5.82 Å². The molecule has 0 unspecified atom stereocenters. The van der Waals surface area contributed by atoms with Gasteiger partial charge < -0.3 is 10.6 Å². The molecule has 3 nitrogen and oxygen atoms in total. The van der Waals surface area contributed by atoms with Crippen LogP contribution in [-0.2, 0) is 11.3 Å². The molecule has 0 aliphatic rings. The molecule has 0 aromatic heterocycles. The smallest absolute Gasteiger partial charge is 0.239 e. The van der Waals surface area contributed by atoms with Crippen LogP contribution in [0.3, 0.4) is 0 Å². The first-order valence-electron chi connectivity index (χ1n) is 7.82. The average molecular weight is 314 g/mol. The SMILES string of the molecule is Cc1cccc(C(C)C)c1NCC(=O)NCc1ccc(F)cc1. The van der Waals surface area contributed by atoms with Crippen LogP contribution in [0.2, 0.25) is 0 Å². The molecule has 0 atom stereocenters. The normalized spacial score (nSPS) is 10.7. The molecular formula is C19H23FN2O. The van der Waals surface area contributed by atoms with Crippen molar-refractivity contribution in [3.8, 4) is 0 Å². The van der Waals surface area contributed by atoms with E-state index >= 15 is 0 Å². The van der Waals surface area contributed by atoms with Gasteiger partial charge in [0.15, 0.2) is 0 Å². The minimum absolute atomic E-state index is 0.0905. The topological polar surface area (TPSA) is 41.1 Å². The fraction of sp³-hybridized carbons (Fsp3) is 0.316. The Hall–Kier alpha value is -2.36. The monoisotopic (exact) mass is 314 g/mol. The average Bonchev–Trinajstić information content (AvgIpc) is 2.52. The molecule has 1 amide bonds. The maximum absolute atomic E-state index is 12.8. The largest absolute Gasteiger partial charge is 0.376 e. The van der Waals surface area contributed by atoms with Crippen LogP contribution in [0.15, 0.2) is 42.5 Å². The van der Waals surface area contributed by atoms with E-state index in [2.05, 4.69) is 30.5 Å². The summed E-state index contributed by atoms with van der Waals surface area (Å²) in [5.74, 6) is 0.0227. The van der Waals surface area contributed by atoms with Crippen molar-refractivity contribution in [1.82, 2.24) is 5.32 Å². The van der Waals surface area contributed by atoms with Gasteiger partial charge >= 0.3 is 0 Å². The van der Waals surface area contributed by atoms with E-state index in [1.165, 1.54) is 17.7 Å². The van der Waals surface area contributed by atoms with Gasteiger partial charge in [-0.15, -0.1) is 0 Å². The van der Waals surface area contributed by atoms with Gasteiger partial charge in [-0.25, -0.2) is 4.39 Å². The maximum Gasteiger partial charge on any atom is 0.239 e. The second-order valence-corrected chi connectivity index (χ2v) is 5.95. The highest BCUT2D eigenvalue weighted by molar-refractivity contribution is 5.81. The van der Waals surface area contributed by atoms with Crippen LogP contribution in [0, 0.1) is 12.7 Å². The molecule has 0 saturated heterocycles. The molecule has 0 fully saturated rings. The second kappa shape index (κ2) is 7.77. The Morgan fingerprint density at radius 3 is 2.48 bits per heavy atom. The number of halogens is 1. The van der Waals surface area contributed by atoms with Gasteiger partial charge in [-0.2, -0.15) is 0 Å². The quantitative estimate of drug-likeness (QED) is 0.846. The number of amides is 1. The first kappa shape index (κ1) is 17.0. The molecule has 4 heteroatoms. The number of para-hydroxylation sites is 1. The molecule has 0 saturated carbocycles. The minimum atomic E-state index is -0.275. The highest BCUT2D eigenvalue weighted by Crippen LogP contribution is 2.27. The summed E-state index contributed by atoms with van der Waals surface area (Å²) in [6.07, 6.45) is 0. The Balaban J connectivity index is 1.91. The number of nitrogens with one attached hydrogen (secondary N) is 2. The fourth-order valence-corrected chi connectivity index (χ4v) is 2.45. The van der Waals surface area contributed by atoms with Crippen molar-refractivity contribution >= 4 is 11.6 Å². The third kappa shape index (κ3) is 4.81. The Kier molecular flexibility index (Phi) is 5.74. The predicted molar refractivity (Wildman–Crippen MR) is 92.0 cm³/mol. The lowest BCUT2D eigenvalue weighted by Crippen LogP contribution is -2.29. The van der Waals surface area contributed by atoms with Gasteiger partial charge in [0, 0.05) is 12.2 Å². The molecule has 2 rings (SSSR count). The standard InChI is InChI=1S/C19H23FN2O/c1-13(2)17-6-4-5-14(3)19(17)22-12-18(23)21-11-15-7-9-16(20)10-8-15/h4-10,13,22H,11-12H2,1-3H3,(H,21,23). The Morgan fingerprint density at radius 2 is 1.83 bits per heavy atom. The Labute approximate surface area is 136 Å². The number of anilines is 1. The van der Waals surface area contributed by atoms with Gasteiger partial charge in [0.2, 0.25) is 5.91 Å². The summed E-state index contributed by atoms with van der Waals surface area (Å²) in [7, 11) is 0. The van der Waals surface area contributed by atoms with E-state index in [0.29, 0.717) is 12.5 Å². The lowest BCUT2D eigenvalue weighted by atomic mass is 9.98. The van der Waals surface area contributed by atoms with Crippen molar-refractivity contribution in [2.75, 3.05) is 11.9 Å². The van der Waals surface area contributed by atoms with Crippen molar-refractivity contribution in [2.24, 2.45) is 0 Å². The van der Waals surface area contributed by atoms with Crippen molar-refractivity contribution in [2.45, 2.75) is 33.2 Å². The number of hydrogen-bond acceptors (Lipinski definition) is 2. The van der Waals surface area contributed by atoms with Crippen LogP contribution < -0.4 is 10.6 Å². The summed E-state index contributed by atoms with van der Waals surface area (Å²) in [5.41, 5.74) is 4.23. The Morgan fingerprint density at radius 1 is 1.13 bits per heavy atom. The van der Waals surface area contributed by atoms with E-state index in [9.17, 15) is 9.18 Å². The first-order chi connectivity index (χ1) is 11.0. The Bertz CT molecular complexity index is 666. The number of aryl methyl sites for hydroxylation is 1. The summed E-state index contributed by atoms with van der Waals surface area (Å²) in [6, 6.07) is 12.3. The van der Waals surface area contributed by atoms with E-state index in [0.717, 1.165) is 16.8 Å². The molecule has 0 aliphatic heterocycles. The lowest BCUT2D eigenvalue weighted by Gasteiger charge is -2.17. The summed E-state index contributed by atoms with van der Waals surface area (Å²) in [4.78, 5) is 12.0. The lowest BCUT2D eigenvalue weighted by molar-refractivity contribution is -0.119. The molecule has 23 heavy (non-hydrogen) atoms. The molecule has 122 valence electrons. The van der Waals surface area contributed by atoms with Crippen molar-refractivity contribution in [3.05, 3.63) is 65.0 Å². The van der Waals surface area contributed by atoms with E-state index in [-0.39, 0.29) is 18.3 Å². The van der Waals surface area contributed by atoms with Gasteiger partial charge in [-0.05, 0) is 41.7 Å². The van der Waals surface area contributed by atoms with Gasteiger partial charge in [-0.3, -0.25) is 4.79 Å². The van der Waals surface area contributed by atoms with Crippen LogP contribution in [-0.4, -0.2) is 12.5 Å². The van der Waals surface area contributed by atoms with Crippen LogP contribution in [0.25, 0.3) is 0 Å². The molecule has 0 heterocycles. The van der Waals surface area contributed by atoms with Crippen LogP contribution in [0.5, 0.6) is 0 Å². The van der Waals surface area contributed by atoms with E-state index in [1.807, 2.05) is 19.1 Å². The fourth-order valence-electron chi connectivity index (χ4n) is 2.45. The first-order valence-corrected chi connectivity index (χ1v) is 7.82. The third-order valence-corrected chi connectivity index (χ3v) is 3.76. The molecular weight excluding hydrogens is 291 g/mol. The van der Waals surface area contributed by atoms with Crippen LogP contribution >= 0.6 is 0 Å².